The van der Waals surface area contributed by atoms with Crippen LogP contribution in [0.25, 0.3) is 11.0 Å². The highest BCUT2D eigenvalue weighted by molar-refractivity contribution is 5.80. The highest BCUT2D eigenvalue weighted by Crippen LogP contribution is 2.15. The van der Waals surface area contributed by atoms with E-state index >= 15 is 0 Å². The van der Waals surface area contributed by atoms with Crippen LogP contribution in [0.3, 0.4) is 0 Å². The number of hydrogen-bond donors (Lipinski definition) is 0. The van der Waals surface area contributed by atoms with Crippen molar-refractivity contribution in [3.05, 3.63) is 64.8 Å². The van der Waals surface area contributed by atoms with E-state index in [1.807, 2.05) is 31.2 Å². The fraction of sp³-hybridized carbons (Fsp3) is 0.300. The molecule has 6 nitrogen and oxygen atoms in total. The Kier molecular flexibility index (Phi) is 5.59. The first kappa shape index (κ1) is 18.7. The maximum absolute atomic E-state index is 13.5. The molecule has 0 unspecified atom stereocenters. The maximum atomic E-state index is 13.5. The summed E-state index contributed by atoms with van der Waals surface area (Å²) in [5.74, 6) is -0.501. The molecule has 27 heavy (non-hydrogen) atoms. The van der Waals surface area contributed by atoms with Crippen LogP contribution < -0.4 is 10.4 Å². The molecule has 0 aliphatic carbocycles. The number of carbonyl (C=O) groups excluding carboxylic acids is 1. The molecule has 0 saturated heterocycles. The fourth-order valence-electron chi connectivity index (χ4n) is 2.97. The van der Waals surface area contributed by atoms with E-state index in [4.69, 9.17) is 4.74 Å². The molecule has 0 saturated carbocycles. The molecule has 3 rings (SSSR count). The van der Waals surface area contributed by atoms with Gasteiger partial charge in [0, 0.05) is 13.6 Å². The van der Waals surface area contributed by atoms with Crippen molar-refractivity contribution in [2.24, 2.45) is 0 Å². The van der Waals surface area contributed by atoms with Crippen molar-refractivity contribution >= 4 is 16.9 Å². The quantitative estimate of drug-likeness (QED) is 0.641. The summed E-state index contributed by atoms with van der Waals surface area (Å²) in [6, 6.07) is 13.5. The number of amides is 1. The average molecular weight is 371 g/mol. The number of para-hydroxylation sites is 3. The van der Waals surface area contributed by atoms with Gasteiger partial charge in [-0.25, -0.2) is 9.18 Å². The molecule has 2 aromatic carbocycles. The van der Waals surface area contributed by atoms with Gasteiger partial charge in [0.2, 0.25) is 5.91 Å². The Morgan fingerprint density at radius 1 is 1.07 bits per heavy atom. The molecule has 0 aliphatic heterocycles. The van der Waals surface area contributed by atoms with Crippen LogP contribution in [-0.2, 0) is 17.9 Å². The van der Waals surface area contributed by atoms with E-state index in [0.717, 1.165) is 11.0 Å². The second-order valence-corrected chi connectivity index (χ2v) is 6.20. The molecule has 0 fully saturated rings. The second kappa shape index (κ2) is 8.07. The third-order valence-corrected chi connectivity index (χ3v) is 4.48. The Morgan fingerprint density at radius 3 is 2.37 bits per heavy atom. The minimum Gasteiger partial charge on any atom is -0.489 e. The van der Waals surface area contributed by atoms with E-state index in [0.29, 0.717) is 6.54 Å². The minimum absolute atomic E-state index is 0.0530. The maximum Gasteiger partial charge on any atom is 0.329 e. The SMILES string of the molecule is CCn1c(=O)n(CC(=O)N(C)CCOc2ccccc2F)c2ccccc21. The number of ether oxygens (including phenoxy) is 1. The molecule has 1 aromatic heterocycles. The van der Waals surface area contributed by atoms with Crippen molar-refractivity contribution in [1.29, 1.82) is 0 Å². The smallest absolute Gasteiger partial charge is 0.329 e. The van der Waals surface area contributed by atoms with Gasteiger partial charge in [0.25, 0.3) is 0 Å². The molecule has 142 valence electrons. The van der Waals surface area contributed by atoms with Gasteiger partial charge in [-0.15, -0.1) is 0 Å². The Bertz CT molecular complexity index is 1010. The van der Waals surface area contributed by atoms with E-state index in [-0.39, 0.29) is 37.0 Å². The van der Waals surface area contributed by atoms with Crippen LogP contribution in [0.4, 0.5) is 4.39 Å². The lowest BCUT2D eigenvalue weighted by molar-refractivity contribution is -0.130. The summed E-state index contributed by atoms with van der Waals surface area (Å²) in [6.45, 7) is 2.82. The number of hydrogen-bond acceptors (Lipinski definition) is 3. The van der Waals surface area contributed by atoms with E-state index in [1.165, 1.54) is 21.6 Å². The van der Waals surface area contributed by atoms with Crippen LogP contribution >= 0.6 is 0 Å². The van der Waals surface area contributed by atoms with Crippen LogP contribution in [0.15, 0.2) is 53.3 Å². The molecule has 0 spiro atoms. The van der Waals surface area contributed by atoms with E-state index < -0.39 is 5.82 Å². The predicted molar refractivity (Wildman–Crippen MR) is 101 cm³/mol. The number of halogens is 1. The van der Waals surface area contributed by atoms with Gasteiger partial charge in [-0.2, -0.15) is 0 Å². The summed E-state index contributed by atoms with van der Waals surface area (Å²) >= 11 is 0. The zero-order valence-corrected chi connectivity index (χ0v) is 15.4. The molecule has 0 bridgehead atoms. The predicted octanol–water partition coefficient (Wildman–Crippen LogP) is 2.50. The number of imidazole rings is 1. The van der Waals surface area contributed by atoms with Crippen molar-refractivity contribution in [2.75, 3.05) is 20.2 Å². The minimum atomic E-state index is -0.439. The number of nitrogens with zero attached hydrogens (tertiary/aromatic N) is 3. The standard InChI is InChI=1S/C20H22FN3O3/c1-3-23-16-9-5-6-10-17(16)24(20(23)26)14-19(25)22(2)12-13-27-18-11-7-4-8-15(18)21/h4-11H,3,12-14H2,1-2H3. The fourth-order valence-corrected chi connectivity index (χ4v) is 2.97. The molecule has 1 amide bonds. The largest absolute Gasteiger partial charge is 0.489 e. The monoisotopic (exact) mass is 371 g/mol. The van der Waals surface area contributed by atoms with Crippen molar-refractivity contribution in [3.8, 4) is 5.75 Å². The summed E-state index contributed by atoms with van der Waals surface area (Å²) in [6.07, 6.45) is 0. The van der Waals surface area contributed by atoms with Gasteiger partial charge in [0.15, 0.2) is 11.6 Å². The Labute approximate surface area is 156 Å². The zero-order valence-electron chi connectivity index (χ0n) is 15.4. The normalized spacial score (nSPS) is 10.9. The number of likely N-dealkylation sites (N-methyl/N-ethyl adjacent to an activating group) is 1. The Hall–Kier alpha value is -3.09. The van der Waals surface area contributed by atoms with Gasteiger partial charge in [0.05, 0.1) is 17.6 Å². The zero-order chi connectivity index (χ0) is 19.4. The van der Waals surface area contributed by atoms with Crippen molar-refractivity contribution in [3.63, 3.8) is 0 Å². The van der Waals surface area contributed by atoms with Crippen LogP contribution in [-0.4, -0.2) is 40.1 Å². The van der Waals surface area contributed by atoms with Crippen molar-refractivity contribution in [1.82, 2.24) is 14.0 Å². The van der Waals surface area contributed by atoms with E-state index in [2.05, 4.69) is 0 Å². The lowest BCUT2D eigenvalue weighted by Gasteiger charge is -2.18. The average Bonchev–Trinajstić information content (AvgIpc) is 2.94. The number of rotatable bonds is 7. The molecule has 0 N–H and O–H groups in total. The summed E-state index contributed by atoms with van der Waals surface area (Å²) in [7, 11) is 1.64. The molecule has 0 aliphatic rings. The molecule has 0 radical (unpaired) electrons. The topological polar surface area (TPSA) is 56.5 Å². The first-order valence-electron chi connectivity index (χ1n) is 8.82. The molecular formula is C20H22FN3O3. The lowest BCUT2D eigenvalue weighted by Crippen LogP contribution is -2.36. The van der Waals surface area contributed by atoms with Crippen LogP contribution in [0, 0.1) is 5.82 Å². The number of aryl methyl sites for hydroxylation is 1. The van der Waals surface area contributed by atoms with Crippen LogP contribution in [0.5, 0.6) is 5.75 Å². The first-order valence-corrected chi connectivity index (χ1v) is 8.82. The van der Waals surface area contributed by atoms with Crippen LogP contribution in [0.2, 0.25) is 0 Å². The number of fused-ring (bicyclic) bond motifs is 1. The van der Waals surface area contributed by atoms with Gasteiger partial charge < -0.3 is 9.64 Å². The molecule has 1 heterocycles. The van der Waals surface area contributed by atoms with E-state index in [9.17, 15) is 14.0 Å². The number of aromatic nitrogens is 2. The summed E-state index contributed by atoms with van der Waals surface area (Å²) in [5.41, 5.74) is 1.33. The van der Waals surface area contributed by atoms with Crippen molar-refractivity contribution in [2.45, 2.75) is 20.0 Å². The second-order valence-electron chi connectivity index (χ2n) is 6.20. The third-order valence-electron chi connectivity index (χ3n) is 4.48. The van der Waals surface area contributed by atoms with Gasteiger partial charge in [0.1, 0.15) is 13.2 Å². The highest BCUT2D eigenvalue weighted by atomic mass is 19.1. The van der Waals surface area contributed by atoms with Gasteiger partial charge in [-0.3, -0.25) is 13.9 Å². The molecule has 3 aromatic rings. The molecule has 7 heteroatoms. The Balaban J connectivity index is 1.67. The highest BCUT2D eigenvalue weighted by Gasteiger charge is 2.16. The van der Waals surface area contributed by atoms with E-state index in [1.54, 1.807) is 23.7 Å². The summed E-state index contributed by atoms with van der Waals surface area (Å²) in [5, 5.41) is 0. The van der Waals surface area contributed by atoms with Crippen molar-refractivity contribution < 1.29 is 13.9 Å². The molecule has 0 atom stereocenters. The first-order chi connectivity index (χ1) is 13.0. The van der Waals surface area contributed by atoms with Gasteiger partial charge in [-0.05, 0) is 31.2 Å². The summed E-state index contributed by atoms with van der Waals surface area (Å²) < 4.78 is 22.0. The summed E-state index contributed by atoms with van der Waals surface area (Å²) in [4.78, 5) is 26.6. The Morgan fingerprint density at radius 2 is 1.70 bits per heavy atom. The van der Waals surface area contributed by atoms with Crippen LogP contribution in [0.1, 0.15) is 6.92 Å². The molecular weight excluding hydrogens is 349 g/mol. The third kappa shape index (κ3) is 3.86. The number of carbonyl (C=O) groups is 1. The van der Waals surface area contributed by atoms with Gasteiger partial charge in [-0.1, -0.05) is 24.3 Å². The van der Waals surface area contributed by atoms with Gasteiger partial charge >= 0.3 is 5.69 Å². The lowest BCUT2D eigenvalue weighted by atomic mass is 10.3. The number of benzene rings is 2.